The monoisotopic (exact) mass is 228 g/mol. The Morgan fingerprint density at radius 1 is 1.38 bits per heavy atom. The highest BCUT2D eigenvalue weighted by Gasteiger charge is 2.26. The number of rotatable bonds is 3. The van der Waals surface area contributed by atoms with Gasteiger partial charge in [-0.1, -0.05) is 0 Å². The van der Waals surface area contributed by atoms with E-state index in [0.29, 0.717) is 32.5 Å². The molecular weight excluding hydrogens is 208 g/mol. The average Bonchev–Trinajstić information content (AvgIpc) is 2.27. The Balaban J connectivity index is 2.37. The highest BCUT2D eigenvalue weighted by atomic mass is 16.2. The van der Waals surface area contributed by atoms with Gasteiger partial charge in [0.1, 0.15) is 0 Å². The van der Waals surface area contributed by atoms with Gasteiger partial charge in [-0.05, 0) is 26.9 Å². The molecule has 2 amide bonds. The van der Waals surface area contributed by atoms with Crippen LogP contribution in [0.3, 0.4) is 0 Å². The number of piperidine rings is 1. The minimum atomic E-state index is -0.125. The highest BCUT2D eigenvalue weighted by molar-refractivity contribution is 5.80. The Kier molecular flexibility index (Phi) is 4.70. The molecule has 0 aromatic rings. The molecule has 0 saturated carbocycles. The lowest BCUT2D eigenvalue weighted by molar-refractivity contribution is -0.136. The van der Waals surface area contributed by atoms with E-state index in [4.69, 9.17) is 5.84 Å². The first-order valence-electron chi connectivity index (χ1n) is 5.47. The third-order valence-corrected chi connectivity index (χ3v) is 2.81. The Bertz CT molecular complexity index is 260. The predicted molar refractivity (Wildman–Crippen MR) is 60.2 cm³/mol. The number of nitrogens with two attached hydrogens (primary N) is 1. The van der Waals surface area contributed by atoms with Crippen molar-refractivity contribution in [2.45, 2.75) is 12.8 Å². The van der Waals surface area contributed by atoms with E-state index in [9.17, 15) is 9.59 Å². The predicted octanol–water partition coefficient (Wildman–Crippen LogP) is -1.22. The smallest absolute Gasteiger partial charge is 0.237 e. The summed E-state index contributed by atoms with van der Waals surface area (Å²) in [4.78, 5) is 26.6. The number of likely N-dealkylation sites (tertiary alicyclic amines) is 1. The normalized spacial score (nSPS) is 17.6. The Hall–Kier alpha value is -1.14. The fourth-order valence-electron chi connectivity index (χ4n) is 1.88. The van der Waals surface area contributed by atoms with Crippen molar-refractivity contribution in [3.8, 4) is 0 Å². The standard InChI is InChI=1S/C10H20N4O2/c1-13(2)7-9(15)14-5-3-8(4-6-14)10(16)12-11/h8H,3-7,11H2,1-2H3,(H,12,16). The van der Waals surface area contributed by atoms with Gasteiger partial charge in [-0.3, -0.25) is 15.0 Å². The van der Waals surface area contributed by atoms with E-state index in [-0.39, 0.29) is 17.7 Å². The van der Waals surface area contributed by atoms with Crippen LogP contribution in [0.1, 0.15) is 12.8 Å². The van der Waals surface area contributed by atoms with Crippen LogP contribution in [0.5, 0.6) is 0 Å². The van der Waals surface area contributed by atoms with Gasteiger partial charge in [0, 0.05) is 19.0 Å². The number of likely N-dealkylation sites (N-methyl/N-ethyl adjacent to an activating group) is 1. The summed E-state index contributed by atoms with van der Waals surface area (Å²) in [5, 5.41) is 0. The summed E-state index contributed by atoms with van der Waals surface area (Å²) in [5.74, 6) is 5.03. The molecule has 0 aromatic heterocycles. The highest BCUT2D eigenvalue weighted by Crippen LogP contribution is 2.17. The number of amides is 2. The summed E-state index contributed by atoms with van der Waals surface area (Å²) in [5.41, 5.74) is 2.16. The van der Waals surface area contributed by atoms with Crippen LogP contribution in [-0.2, 0) is 9.59 Å². The van der Waals surface area contributed by atoms with Crippen molar-refractivity contribution in [1.82, 2.24) is 15.2 Å². The van der Waals surface area contributed by atoms with E-state index in [2.05, 4.69) is 5.43 Å². The van der Waals surface area contributed by atoms with Crippen molar-refractivity contribution in [2.75, 3.05) is 33.7 Å². The molecule has 0 aliphatic carbocycles. The summed E-state index contributed by atoms with van der Waals surface area (Å²) >= 11 is 0. The molecule has 0 atom stereocenters. The molecule has 6 heteroatoms. The van der Waals surface area contributed by atoms with Gasteiger partial charge >= 0.3 is 0 Å². The Labute approximate surface area is 95.7 Å². The molecule has 1 heterocycles. The lowest BCUT2D eigenvalue weighted by Crippen LogP contribution is -2.46. The van der Waals surface area contributed by atoms with E-state index < -0.39 is 0 Å². The van der Waals surface area contributed by atoms with Gasteiger partial charge in [0.15, 0.2) is 0 Å². The lowest BCUT2D eigenvalue weighted by Gasteiger charge is -2.31. The van der Waals surface area contributed by atoms with Gasteiger partial charge in [0.05, 0.1) is 6.54 Å². The summed E-state index contributed by atoms with van der Waals surface area (Å²) in [6.45, 7) is 1.71. The fourth-order valence-corrected chi connectivity index (χ4v) is 1.88. The Morgan fingerprint density at radius 3 is 2.38 bits per heavy atom. The summed E-state index contributed by atoms with van der Waals surface area (Å²) in [6.07, 6.45) is 1.39. The van der Waals surface area contributed by atoms with Crippen LogP contribution >= 0.6 is 0 Å². The molecular formula is C10H20N4O2. The van der Waals surface area contributed by atoms with Crippen molar-refractivity contribution >= 4 is 11.8 Å². The number of carbonyl (C=O) groups excluding carboxylic acids is 2. The number of hydrogen-bond donors (Lipinski definition) is 2. The topological polar surface area (TPSA) is 78.7 Å². The van der Waals surface area contributed by atoms with Gasteiger partial charge in [0.2, 0.25) is 11.8 Å². The van der Waals surface area contributed by atoms with E-state index >= 15 is 0 Å². The lowest BCUT2D eigenvalue weighted by atomic mass is 9.96. The van der Waals surface area contributed by atoms with E-state index in [1.54, 1.807) is 4.90 Å². The van der Waals surface area contributed by atoms with E-state index in [1.807, 2.05) is 19.0 Å². The van der Waals surface area contributed by atoms with Crippen molar-refractivity contribution in [1.29, 1.82) is 0 Å². The average molecular weight is 228 g/mol. The number of hydrogen-bond acceptors (Lipinski definition) is 4. The molecule has 92 valence electrons. The van der Waals surface area contributed by atoms with Gasteiger partial charge in [-0.25, -0.2) is 5.84 Å². The van der Waals surface area contributed by atoms with Crippen LogP contribution in [-0.4, -0.2) is 55.3 Å². The number of nitrogens with zero attached hydrogens (tertiary/aromatic N) is 2. The first-order chi connectivity index (χ1) is 7.54. The maximum Gasteiger partial charge on any atom is 0.237 e. The minimum Gasteiger partial charge on any atom is -0.342 e. The zero-order valence-corrected chi connectivity index (χ0v) is 9.90. The van der Waals surface area contributed by atoms with Gasteiger partial charge < -0.3 is 9.80 Å². The molecule has 6 nitrogen and oxygen atoms in total. The summed E-state index contributed by atoms with van der Waals surface area (Å²) < 4.78 is 0. The molecule has 1 rings (SSSR count). The first-order valence-corrected chi connectivity index (χ1v) is 5.47. The fraction of sp³-hybridized carbons (Fsp3) is 0.800. The van der Waals surface area contributed by atoms with Crippen LogP contribution in [0.4, 0.5) is 0 Å². The second-order valence-corrected chi connectivity index (χ2v) is 4.40. The molecule has 0 unspecified atom stereocenters. The van der Waals surface area contributed by atoms with Crippen LogP contribution in [0.15, 0.2) is 0 Å². The number of hydrazine groups is 1. The molecule has 1 aliphatic rings. The zero-order chi connectivity index (χ0) is 12.1. The van der Waals surface area contributed by atoms with Crippen molar-refractivity contribution in [2.24, 2.45) is 11.8 Å². The minimum absolute atomic E-state index is 0.0478. The van der Waals surface area contributed by atoms with E-state index in [1.165, 1.54) is 0 Å². The SMILES string of the molecule is CN(C)CC(=O)N1CCC(C(=O)NN)CC1. The molecule has 0 aromatic carbocycles. The van der Waals surface area contributed by atoms with Crippen molar-refractivity contribution < 1.29 is 9.59 Å². The van der Waals surface area contributed by atoms with E-state index in [0.717, 1.165) is 0 Å². The maximum atomic E-state index is 11.7. The molecule has 1 fully saturated rings. The molecule has 0 bridgehead atoms. The van der Waals surface area contributed by atoms with Crippen LogP contribution in [0.25, 0.3) is 0 Å². The van der Waals surface area contributed by atoms with Crippen molar-refractivity contribution in [3.63, 3.8) is 0 Å². The first kappa shape index (κ1) is 12.9. The zero-order valence-electron chi connectivity index (χ0n) is 9.90. The number of carbonyl (C=O) groups is 2. The number of nitrogens with one attached hydrogen (secondary N) is 1. The molecule has 1 saturated heterocycles. The third kappa shape index (κ3) is 3.46. The molecule has 16 heavy (non-hydrogen) atoms. The maximum absolute atomic E-state index is 11.7. The largest absolute Gasteiger partial charge is 0.342 e. The summed E-state index contributed by atoms with van der Waals surface area (Å²) in [7, 11) is 3.74. The van der Waals surface area contributed by atoms with Gasteiger partial charge in [-0.2, -0.15) is 0 Å². The molecule has 1 aliphatic heterocycles. The second-order valence-electron chi connectivity index (χ2n) is 4.40. The quantitative estimate of drug-likeness (QED) is 0.360. The van der Waals surface area contributed by atoms with Crippen molar-refractivity contribution in [3.05, 3.63) is 0 Å². The second kappa shape index (κ2) is 5.81. The third-order valence-electron chi connectivity index (χ3n) is 2.81. The van der Waals surface area contributed by atoms with Gasteiger partial charge in [-0.15, -0.1) is 0 Å². The van der Waals surface area contributed by atoms with Crippen LogP contribution < -0.4 is 11.3 Å². The van der Waals surface area contributed by atoms with Crippen LogP contribution in [0.2, 0.25) is 0 Å². The molecule has 0 radical (unpaired) electrons. The van der Waals surface area contributed by atoms with Gasteiger partial charge in [0.25, 0.3) is 0 Å². The molecule has 3 N–H and O–H groups in total. The molecule has 0 spiro atoms. The summed E-state index contributed by atoms with van der Waals surface area (Å²) in [6, 6.07) is 0. The Morgan fingerprint density at radius 2 is 1.94 bits per heavy atom. The van der Waals surface area contributed by atoms with Crippen LogP contribution in [0, 0.1) is 5.92 Å².